The molecule has 0 spiro atoms. The molecule has 1 aromatic carbocycles. The summed E-state index contributed by atoms with van der Waals surface area (Å²) in [5, 5.41) is 4.03. The molecular weight excluding hydrogens is 316 g/mol. The quantitative estimate of drug-likeness (QED) is 0.820. The molecule has 2 N–H and O–H groups in total. The molecule has 3 rings (SSSR count). The number of ether oxygens (including phenoxy) is 1. The molecule has 1 aliphatic carbocycles. The minimum Gasteiger partial charge on any atom is -0.455 e. The van der Waals surface area contributed by atoms with Gasteiger partial charge in [-0.25, -0.2) is 0 Å². The molecule has 0 aliphatic heterocycles. The number of benzene rings is 1. The van der Waals surface area contributed by atoms with Crippen LogP contribution in [0.4, 0.5) is 0 Å². The first-order valence-electron chi connectivity index (χ1n) is 9.04. The molecule has 0 saturated heterocycles. The van der Waals surface area contributed by atoms with E-state index in [1.807, 2.05) is 30.5 Å². The molecule has 0 bridgehead atoms. The molecule has 5 nitrogen and oxygen atoms in total. The Bertz CT molecular complexity index is 752. The van der Waals surface area contributed by atoms with E-state index in [1.54, 1.807) is 0 Å². The van der Waals surface area contributed by atoms with E-state index in [-0.39, 0.29) is 30.9 Å². The number of fused-ring (bicyclic) bond motifs is 1. The van der Waals surface area contributed by atoms with Crippen molar-refractivity contribution >= 4 is 22.8 Å². The van der Waals surface area contributed by atoms with Crippen molar-refractivity contribution in [3.8, 4) is 0 Å². The van der Waals surface area contributed by atoms with Crippen molar-refractivity contribution in [3.63, 3.8) is 0 Å². The monoisotopic (exact) mass is 342 g/mol. The van der Waals surface area contributed by atoms with Crippen LogP contribution in [0.5, 0.6) is 0 Å². The van der Waals surface area contributed by atoms with Crippen LogP contribution in [0, 0.1) is 11.8 Å². The highest BCUT2D eigenvalue weighted by molar-refractivity contribution is 5.88. The summed E-state index contributed by atoms with van der Waals surface area (Å²) < 4.78 is 5.16. The number of aromatic nitrogens is 1. The summed E-state index contributed by atoms with van der Waals surface area (Å²) in [4.78, 5) is 27.3. The Kier molecular flexibility index (Phi) is 5.41. The van der Waals surface area contributed by atoms with Crippen LogP contribution in [0.1, 0.15) is 38.7 Å². The van der Waals surface area contributed by atoms with Gasteiger partial charge < -0.3 is 15.0 Å². The second kappa shape index (κ2) is 7.72. The van der Waals surface area contributed by atoms with Crippen molar-refractivity contribution in [1.29, 1.82) is 0 Å². The minimum absolute atomic E-state index is 0.161. The lowest BCUT2D eigenvalue weighted by atomic mass is 9.78. The predicted octanol–water partition coefficient (Wildman–Crippen LogP) is 3.19. The maximum Gasteiger partial charge on any atom is 0.310 e. The van der Waals surface area contributed by atoms with Crippen molar-refractivity contribution in [3.05, 3.63) is 36.0 Å². The summed E-state index contributed by atoms with van der Waals surface area (Å²) in [5.74, 6) is 0.478. The Labute approximate surface area is 148 Å². The van der Waals surface area contributed by atoms with Gasteiger partial charge in [-0.05, 0) is 29.9 Å². The molecule has 1 amide bonds. The second-order valence-corrected chi connectivity index (χ2v) is 7.14. The van der Waals surface area contributed by atoms with E-state index in [0.29, 0.717) is 11.8 Å². The van der Waals surface area contributed by atoms with Gasteiger partial charge in [0.05, 0.1) is 6.42 Å². The molecule has 3 atom stereocenters. The first-order valence-corrected chi connectivity index (χ1v) is 9.04. The number of aromatic amines is 1. The van der Waals surface area contributed by atoms with Crippen LogP contribution in [0.3, 0.4) is 0 Å². The number of para-hydroxylation sites is 1. The van der Waals surface area contributed by atoms with Crippen LogP contribution in [0.25, 0.3) is 10.9 Å². The zero-order valence-corrected chi connectivity index (χ0v) is 14.9. The molecule has 1 saturated carbocycles. The Balaban J connectivity index is 1.48. The average molecular weight is 342 g/mol. The third kappa shape index (κ3) is 4.21. The summed E-state index contributed by atoms with van der Waals surface area (Å²) in [5.41, 5.74) is 1.87. The molecule has 0 radical (unpaired) electrons. The molecule has 0 unspecified atom stereocenters. The van der Waals surface area contributed by atoms with Gasteiger partial charge in [0.2, 0.25) is 0 Å². The number of hydrogen-bond acceptors (Lipinski definition) is 3. The lowest BCUT2D eigenvalue weighted by Crippen LogP contribution is -2.45. The molecule has 5 heteroatoms. The van der Waals surface area contributed by atoms with Crippen LogP contribution < -0.4 is 5.32 Å². The number of esters is 1. The lowest BCUT2D eigenvalue weighted by molar-refractivity contribution is -0.148. The zero-order chi connectivity index (χ0) is 17.8. The van der Waals surface area contributed by atoms with E-state index >= 15 is 0 Å². The largest absolute Gasteiger partial charge is 0.455 e. The molecule has 2 aromatic rings. The number of hydrogen-bond donors (Lipinski definition) is 2. The standard InChI is InChI=1S/C20H26N2O3/c1-13-6-5-9-17(14(13)2)22-19(23)12-25-20(24)10-15-11-21-18-8-4-3-7-16(15)18/h3-4,7-8,11,13-14,17,21H,5-6,9-10,12H2,1-2H3,(H,22,23)/t13-,14+,17+/m0/s1. The molecule has 134 valence electrons. The van der Waals surface area contributed by atoms with Gasteiger partial charge in [-0.15, -0.1) is 0 Å². The lowest BCUT2D eigenvalue weighted by Gasteiger charge is -2.34. The molecule has 1 aromatic heterocycles. The van der Waals surface area contributed by atoms with Gasteiger partial charge in [0.25, 0.3) is 5.91 Å². The second-order valence-electron chi connectivity index (χ2n) is 7.14. The zero-order valence-electron chi connectivity index (χ0n) is 14.9. The van der Waals surface area contributed by atoms with E-state index in [1.165, 1.54) is 6.42 Å². The third-order valence-corrected chi connectivity index (χ3v) is 5.43. The normalized spacial score (nSPS) is 23.4. The molecular formula is C20H26N2O3. The van der Waals surface area contributed by atoms with E-state index in [2.05, 4.69) is 24.1 Å². The fourth-order valence-electron chi connectivity index (χ4n) is 3.66. The number of amides is 1. The highest BCUT2D eigenvalue weighted by Gasteiger charge is 2.28. The summed E-state index contributed by atoms with van der Waals surface area (Å²) in [6, 6.07) is 7.99. The van der Waals surface area contributed by atoms with E-state index in [4.69, 9.17) is 4.74 Å². The molecule has 1 fully saturated rings. The average Bonchev–Trinajstić information content (AvgIpc) is 3.00. The van der Waals surface area contributed by atoms with E-state index in [0.717, 1.165) is 29.3 Å². The topological polar surface area (TPSA) is 71.2 Å². The maximum absolute atomic E-state index is 12.1. The first-order chi connectivity index (χ1) is 12.0. The van der Waals surface area contributed by atoms with Crippen molar-refractivity contribution in [1.82, 2.24) is 10.3 Å². The number of H-pyrrole nitrogens is 1. The van der Waals surface area contributed by atoms with Crippen LogP contribution >= 0.6 is 0 Å². The maximum atomic E-state index is 12.1. The Morgan fingerprint density at radius 3 is 2.88 bits per heavy atom. The number of nitrogens with one attached hydrogen (secondary N) is 2. The Morgan fingerprint density at radius 1 is 1.24 bits per heavy atom. The minimum atomic E-state index is -0.384. The number of rotatable bonds is 5. The molecule has 1 aliphatic rings. The van der Waals surface area contributed by atoms with Crippen molar-refractivity contribution in [2.45, 2.75) is 45.6 Å². The summed E-state index contributed by atoms with van der Waals surface area (Å²) in [6.07, 6.45) is 5.33. The summed E-state index contributed by atoms with van der Waals surface area (Å²) in [7, 11) is 0. The highest BCUT2D eigenvalue weighted by Crippen LogP contribution is 2.29. The summed E-state index contributed by atoms with van der Waals surface area (Å²) >= 11 is 0. The van der Waals surface area contributed by atoms with Gasteiger partial charge in [0.15, 0.2) is 6.61 Å². The molecule has 1 heterocycles. The number of carbonyl (C=O) groups is 2. The predicted molar refractivity (Wildman–Crippen MR) is 97.1 cm³/mol. The Morgan fingerprint density at radius 2 is 2.04 bits per heavy atom. The van der Waals surface area contributed by atoms with Gasteiger partial charge >= 0.3 is 5.97 Å². The first kappa shape index (κ1) is 17.5. The van der Waals surface area contributed by atoms with Crippen molar-refractivity contribution < 1.29 is 14.3 Å². The van der Waals surface area contributed by atoms with Crippen molar-refractivity contribution in [2.24, 2.45) is 11.8 Å². The van der Waals surface area contributed by atoms with E-state index < -0.39 is 0 Å². The van der Waals surface area contributed by atoms with Gasteiger partial charge in [-0.3, -0.25) is 9.59 Å². The van der Waals surface area contributed by atoms with E-state index in [9.17, 15) is 9.59 Å². The highest BCUT2D eigenvalue weighted by atomic mass is 16.5. The van der Waals surface area contributed by atoms with Gasteiger partial charge in [0.1, 0.15) is 0 Å². The number of carbonyl (C=O) groups excluding carboxylic acids is 2. The van der Waals surface area contributed by atoms with Gasteiger partial charge in [0, 0.05) is 23.1 Å². The van der Waals surface area contributed by atoms with Crippen LogP contribution in [-0.4, -0.2) is 29.5 Å². The van der Waals surface area contributed by atoms with Crippen LogP contribution in [0.2, 0.25) is 0 Å². The smallest absolute Gasteiger partial charge is 0.310 e. The fraction of sp³-hybridized carbons (Fsp3) is 0.500. The fourth-order valence-corrected chi connectivity index (χ4v) is 3.66. The summed E-state index contributed by atoms with van der Waals surface area (Å²) in [6.45, 7) is 4.20. The van der Waals surface area contributed by atoms with Gasteiger partial charge in [-0.1, -0.05) is 44.9 Å². The molecule has 25 heavy (non-hydrogen) atoms. The third-order valence-electron chi connectivity index (χ3n) is 5.43. The Hall–Kier alpha value is -2.30. The van der Waals surface area contributed by atoms with Gasteiger partial charge in [-0.2, -0.15) is 0 Å². The SMILES string of the molecule is C[C@@H]1[C@@H](C)CCC[C@H]1NC(=O)COC(=O)Cc1c[nH]c2ccccc12. The van der Waals surface area contributed by atoms with Crippen LogP contribution in [-0.2, 0) is 20.7 Å². The van der Waals surface area contributed by atoms with Crippen molar-refractivity contribution in [2.75, 3.05) is 6.61 Å². The van der Waals surface area contributed by atoms with Crippen LogP contribution in [0.15, 0.2) is 30.5 Å².